The number of ether oxygens (including phenoxy) is 2. The Balaban J connectivity index is 2.00. The van der Waals surface area contributed by atoms with E-state index in [1.54, 1.807) is 26.0 Å². The van der Waals surface area contributed by atoms with Crippen LogP contribution in [-0.4, -0.2) is 31.1 Å². The summed E-state index contributed by atoms with van der Waals surface area (Å²) in [6, 6.07) is 11.4. The predicted octanol–water partition coefficient (Wildman–Crippen LogP) is 4.39. The minimum atomic E-state index is -0.580. The highest BCUT2D eigenvalue weighted by atomic mass is 35.5. The summed E-state index contributed by atoms with van der Waals surface area (Å²) >= 11 is 6.17. The van der Waals surface area contributed by atoms with Crippen LogP contribution in [0.25, 0.3) is 0 Å². The number of carbonyl (C=O) groups excluding carboxylic acids is 1. The van der Waals surface area contributed by atoms with E-state index < -0.39 is 6.10 Å². The van der Waals surface area contributed by atoms with Gasteiger partial charge in [0.15, 0.2) is 6.10 Å². The third-order valence-corrected chi connectivity index (χ3v) is 4.62. The van der Waals surface area contributed by atoms with Crippen molar-refractivity contribution in [2.75, 3.05) is 14.2 Å². The van der Waals surface area contributed by atoms with Crippen LogP contribution in [0.3, 0.4) is 0 Å². The van der Waals surface area contributed by atoms with Crippen LogP contribution in [0.5, 0.6) is 11.5 Å². The lowest BCUT2D eigenvalue weighted by molar-refractivity contribution is -0.137. The summed E-state index contributed by atoms with van der Waals surface area (Å²) in [7, 11) is 3.40. The maximum absolute atomic E-state index is 12.6. The Hall–Kier alpha value is -2.20. The quantitative estimate of drug-likeness (QED) is 0.765. The number of hydrogen-bond acceptors (Lipinski definition) is 3. The average molecular weight is 362 g/mol. The van der Waals surface area contributed by atoms with Crippen molar-refractivity contribution in [3.8, 4) is 11.5 Å². The molecule has 4 nitrogen and oxygen atoms in total. The maximum atomic E-state index is 12.6. The van der Waals surface area contributed by atoms with Gasteiger partial charge in [-0.2, -0.15) is 0 Å². The first-order valence-electron chi connectivity index (χ1n) is 8.13. The van der Waals surface area contributed by atoms with Gasteiger partial charge in [-0.25, -0.2) is 0 Å². The molecule has 2 rings (SSSR count). The first kappa shape index (κ1) is 19.1. The van der Waals surface area contributed by atoms with Gasteiger partial charge in [-0.05, 0) is 61.7 Å². The molecule has 2 aromatic carbocycles. The molecule has 0 spiro atoms. The number of likely N-dealkylation sites (N-methyl/N-ethyl adjacent to an activating group) is 1. The molecule has 1 atom stereocenters. The number of halogens is 1. The highest BCUT2D eigenvalue weighted by Gasteiger charge is 2.20. The fourth-order valence-corrected chi connectivity index (χ4v) is 2.73. The number of benzene rings is 2. The minimum Gasteiger partial charge on any atom is -0.497 e. The van der Waals surface area contributed by atoms with Gasteiger partial charge in [-0.3, -0.25) is 4.79 Å². The van der Waals surface area contributed by atoms with E-state index in [9.17, 15) is 4.79 Å². The molecule has 0 bridgehead atoms. The lowest BCUT2D eigenvalue weighted by Crippen LogP contribution is -2.37. The van der Waals surface area contributed by atoms with Crippen LogP contribution in [0.1, 0.15) is 23.6 Å². The molecule has 0 heterocycles. The number of amides is 1. The molecular weight excluding hydrogens is 338 g/mol. The summed E-state index contributed by atoms with van der Waals surface area (Å²) in [5, 5.41) is 0.725. The number of nitrogens with zero attached hydrogens (tertiary/aromatic N) is 1. The monoisotopic (exact) mass is 361 g/mol. The van der Waals surface area contributed by atoms with E-state index in [1.807, 2.05) is 50.2 Å². The zero-order valence-corrected chi connectivity index (χ0v) is 16.1. The second kappa shape index (κ2) is 8.26. The van der Waals surface area contributed by atoms with Gasteiger partial charge in [0.05, 0.1) is 7.11 Å². The van der Waals surface area contributed by atoms with Crippen LogP contribution in [-0.2, 0) is 11.3 Å². The minimum absolute atomic E-state index is 0.0823. The Labute approximate surface area is 154 Å². The van der Waals surface area contributed by atoms with Crippen LogP contribution in [0.15, 0.2) is 36.4 Å². The van der Waals surface area contributed by atoms with Gasteiger partial charge in [0.25, 0.3) is 5.91 Å². The van der Waals surface area contributed by atoms with Crippen molar-refractivity contribution in [2.24, 2.45) is 0 Å². The van der Waals surface area contributed by atoms with E-state index in [2.05, 4.69) is 0 Å². The number of methoxy groups -OCH3 is 1. The third-order valence-electron chi connectivity index (χ3n) is 4.03. The van der Waals surface area contributed by atoms with Crippen LogP contribution in [0.2, 0.25) is 5.02 Å². The highest BCUT2D eigenvalue weighted by molar-refractivity contribution is 6.32. The summed E-state index contributed by atoms with van der Waals surface area (Å²) in [5.74, 6) is 1.36. The Morgan fingerprint density at radius 1 is 1.12 bits per heavy atom. The van der Waals surface area contributed by atoms with Gasteiger partial charge in [0.2, 0.25) is 0 Å². The summed E-state index contributed by atoms with van der Waals surface area (Å²) in [6.07, 6.45) is -0.580. The SMILES string of the molecule is COc1ccc(CN(C)C(=O)[C@H](C)Oc2cc(C)c(Cl)c(C)c2)cc1. The molecule has 0 unspecified atom stereocenters. The van der Waals surface area contributed by atoms with Crippen molar-refractivity contribution >= 4 is 17.5 Å². The van der Waals surface area contributed by atoms with Crippen LogP contribution in [0, 0.1) is 13.8 Å². The first-order chi connectivity index (χ1) is 11.8. The van der Waals surface area contributed by atoms with Gasteiger partial charge in [0.1, 0.15) is 11.5 Å². The fraction of sp³-hybridized carbons (Fsp3) is 0.350. The van der Waals surface area contributed by atoms with Crippen molar-refractivity contribution in [3.05, 3.63) is 58.1 Å². The molecule has 134 valence electrons. The smallest absolute Gasteiger partial charge is 0.263 e. The summed E-state index contributed by atoms with van der Waals surface area (Å²) in [4.78, 5) is 14.2. The van der Waals surface area contributed by atoms with Crippen LogP contribution >= 0.6 is 11.6 Å². The Kier molecular flexibility index (Phi) is 6.32. The van der Waals surface area contributed by atoms with Crippen LogP contribution < -0.4 is 9.47 Å². The van der Waals surface area contributed by atoms with E-state index in [-0.39, 0.29) is 5.91 Å². The molecule has 0 aliphatic heterocycles. The van der Waals surface area contributed by atoms with E-state index >= 15 is 0 Å². The summed E-state index contributed by atoms with van der Waals surface area (Å²) in [6.45, 7) is 6.11. The molecule has 0 aromatic heterocycles. The topological polar surface area (TPSA) is 38.8 Å². The molecule has 0 N–H and O–H groups in total. The van der Waals surface area contributed by atoms with Crippen molar-refractivity contribution in [2.45, 2.75) is 33.4 Å². The van der Waals surface area contributed by atoms with Crippen molar-refractivity contribution in [1.29, 1.82) is 0 Å². The summed E-state index contributed by atoms with van der Waals surface area (Å²) in [5.41, 5.74) is 2.90. The molecule has 2 aromatic rings. The second-order valence-electron chi connectivity index (χ2n) is 6.17. The largest absolute Gasteiger partial charge is 0.497 e. The number of carbonyl (C=O) groups is 1. The molecule has 0 aliphatic carbocycles. The zero-order chi connectivity index (χ0) is 18.6. The zero-order valence-electron chi connectivity index (χ0n) is 15.3. The number of aryl methyl sites for hydroxylation is 2. The molecule has 25 heavy (non-hydrogen) atoms. The summed E-state index contributed by atoms with van der Waals surface area (Å²) < 4.78 is 11.0. The molecule has 1 amide bonds. The van der Waals surface area contributed by atoms with Gasteiger partial charge in [-0.15, -0.1) is 0 Å². The van der Waals surface area contributed by atoms with E-state index in [0.717, 1.165) is 27.5 Å². The maximum Gasteiger partial charge on any atom is 0.263 e. The van der Waals surface area contributed by atoms with Gasteiger partial charge >= 0.3 is 0 Å². The Morgan fingerprint density at radius 3 is 2.20 bits per heavy atom. The van der Waals surface area contributed by atoms with E-state index in [0.29, 0.717) is 12.3 Å². The Bertz CT molecular complexity index is 720. The van der Waals surface area contributed by atoms with Crippen molar-refractivity contribution in [3.63, 3.8) is 0 Å². The van der Waals surface area contributed by atoms with Crippen molar-refractivity contribution in [1.82, 2.24) is 4.90 Å². The average Bonchev–Trinajstić information content (AvgIpc) is 2.59. The standard InChI is InChI=1S/C20H24ClNO3/c1-13-10-18(11-14(2)19(13)21)25-15(3)20(23)22(4)12-16-6-8-17(24-5)9-7-16/h6-11,15H,12H2,1-5H3/t15-/m0/s1. The highest BCUT2D eigenvalue weighted by Crippen LogP contribution is 2.26. The molecule has 0 saturated carbocycles. The van der Waals surface area contributed by atoms with Gasteiger partial charge < -0.3 is 14.4 Å². The molecule has 0 radical (unpaired) electrons. The number of hydrogen-bond donors (Lipinski definition) is 0. The van der Waals surface area contributed by atoms with Crippen LogP contribution in [0.4, 0.5) is 0 Å². The number of rotatable bonds is 6. The lowest BCUT2D eigenvalue weighted by Gasteiger charge is -2.23. The third kappa shape index (κ3) is 4.89. The normalized spacial score (nSPS) is 11.8. The molecule has 0 fully saturated rings. The molecule has 0 aliphatic rings. The van der Waals surface area contributed by atoms with E-state index in [1.165, 1.54) is 0 Å². The molecule has 5 heteroatoms. The molecular formula is C20H24ClNO3. The van der Waals surface area contributed by atoms with Crippen molar-refractivity contribution < 1.29 is 14.3 Å². The fourth-order valence-electron chi connectivity index (χ4n) is 2.62. The second-order valence-corrected chi connectivity index (χ2v) is 6.55. The Morgan fingerprint density at radius 2 is 1.68 bits per heavy atom. The van der Waals surface area contributed by atoms with Gasteiger partial charge in [-0.1, -0.05) is 23.7 Å². The molecule has 0 saturated heterocycles. The lowest BCUT2D eigenvalue weighted by atomic mass is 10.1. The first-order valence-corrected chi connectivity index (χ1v) is 8.51. The van der Waals surface area contributed by atoms with Gasteiger partial charge in [0, 0.05) is 18.6 Å². The predicted molar refractivity (Wildman–Crippen MR) is 100 cm³/mol. The van der Waals surface area contributed by atoms with E-state index in [4.69, 9.17) is 21.1 Å².